The van der Waals surface area contributed by atoms with Crippen molar-refractivity contribution in [3.63, 3.8) is 0 Å². The van der Waals surface area contributed by atoms with Gasteiger partial charge in [-0.3, -0.25) is 0 Å². The first-order valence-corrected chi connectivity index (χ1v) is 9.96. The number of carbonyl (C=O) groups is 2. The third kappa shape index (κ3) is 4.60. The van der Waals surface area contributed by atoms with Crippen LogP contribution in [0.25, 0.3) is 0 Å². The van der Waals surface area contributed by atoms with Crippen LogP contribution in [-0.4, -0.2) is 32.3 Å². The number of carbonyl (C=O) groups excluding carboxylic acids is 2. The fourth-order valence-electron chi connectivity index (χ4n) is 3.61. The zero-order chi connectivity index (χ0) is 23.8. The molecule has 1 heterocycles. The minimum absolute atomic E-state index is 0.0136. The van der Waals surface area contributed by atoms with Gasteiger partial charge in [-0.25, -0.2) is 18.4 Å². The van der Waals surface area contributed by atoms with E-state index in [2.05, 4.69) is 10.1 Å². The number of methoxy groups -OCH3 is 1. The van der Waals surface area contributed by atoms with Crippen LogP contribution in [0.2, 0.25) is 5.02 Å². The third-order valence-corrected chi connectivity index (χ3v) is 5.58. The van der Waals surface area contributed by atoms with Gasteiger partial charge in [0, 0.05) is 11.3 Å². The summed E-state index contributed by atoms with van der Waals surface area (Å²) in [5, 5.41) is 1.66. The molecule has 0 spiro atoms. The van der Waals surface area contributed by atoms with Crippen molar-refractivity contribution in [3.8, 4) is 0 Å². The van der Waals surface area contributed by atoms with Crippen molar-refractivity contribution < 1.29 is 41.0 Å². The summed E-state index contributed by atoms with van der Waals surface area (Å²) in [5.41, 5.74) is -4.34. The van der Waals surface area contributed by atoms with Gasteiger partial charge in [-0.1, -0.05) is 11.6 Å². The number of alkyl halides is 4. The molecule has 0 bridgehead atoms. The highest BCUT2D eigenvalue weighted by Gasteiger charge is 2.46. The van der Waals surface area contributed by atoms with Crippen LogP contribution < -0.4 is 5.32 Å². The Morgan fingerprint density at radius 1 is 1.19 bits per heavy atom. The molecular weight excluding hydrogens is 461 g/mol. The Kier molecular flexibility index (Phi) is 6.83. The summed E-state index contributed by atoms with van der Waals surface area (Å²) < 4.78 is 80.4. The number of halogens is 6. The van der Waals surface area contributed by atoms with E-state index in [1.807, 2.05) is 0 Å². The molecule has 5 nitrogen and oxygen atoms in total. The lowest BCUT2D eigenvalue weighted by atomic mass is 9.78. The molecule has 1 saturated carbocycles. The van der Waals surface area contributed by atoms with E-state index in [9.17, 15) is 31.5 Å². The van der Waals surface area contributed by atoms with E-state index in [4.69, 9.17) is 16.3 Å². The Labute approximate surface area is 185 Å². The fourth-order valence-corrected chi connectivity index (χ4v) is 3.88. The number of ether oxygens (including phenoxy) is 2. The predicted octanol–water partition coefficient (Wildman–Crippen LogP) is 4.81. The molecule has 1 N–H and O–H groups in total. The highest BCUT2D eigenvalue weighted by molar-refractivity contribution is 6.31. The fraction of sp³-hybridized carbons (Fsp3) is 0.429. The maximum Gasteiger partial charge on any atom is 0.418 e. The van der Waals surface area contributed by atoms with Crippen LogP contribution in [0.1, 0.15) is 36.8 Å². The highest BCUT2D eigenvalue weighted by Crippen LogP contribution is 2.48. The normalized spacial score (nSPS) is 19.1. The average Bonchev–Trinajstić information content (AvgIpc) is 3.55. The number of benzene rings is 1. The Hall–Kier alpha value is -2.62. The Balaban J connectivity index is 2.29. The maximum atomic E-state index is 15.0. The molecule has 11 heteroatoms. The van der Waals surface area contributed by atoms with Crippen LogP contribution in [0.4, 0.5) is 22.0 Å². The molecule has 1 unspecified atom stereocenters. The van der Waals surface area contributed by atoms with Crippen molar-refractivity contribution in [2.24, 2.45) is 5.92 Å². The molecule has 1 aromatic rings. The molecule has 2 aliphatic rings. The van der Waals surface area contributed by atoms with E-state index in [0.717, 1.165) is 20.0 Å². The van der Waals surface area contributed by atoms with Crippen LogP contribution >= 0.6 is 11.6 Å². The molecule has 0 aromatic heterocycles. The zero-order valence-electron chi connectivity index (χ0n) is 17.0. The van der Waals surface area contributed by atoms with Crippen LogP contribution in [0.15, 0.2) is 34.7 Å². The highest BCUT2D eigenvalue weighted by atomic mass is 35.5. The van der Waals surface area contributed by atoms with Crippen LogP contribution in [0.5, 0.6) is 0 Å². The van der Waals surface area contributed by atoms with E-state index in [1.54, 1.807) is 0 Å². The van der Waals surface area contributed by atoms with Gasteiger partial charge in [-0.2, -0.15) is 13.2 Å². The number of nitrogens with one attached hydrogen (secondary N) is 1. The number of hydrogen-bond donors (Lipinski definition) is 1. The smallest absolute Gasteiger partial charge is 0.418 e. The summed E-state index contributed by atoms with van der Waals surface area (Å²) in [6.07, 6.45) is -3.49. The largest absolute Gasteiger partial charge is 0.466 e. The van der Waals surface area contributed by atoms with Crippen LogP contribution in [0.3, 0.4) is 0 Å². The van der Waals surface area contributed by atoms with Gasteiger partial charge in [0.1, 0.15) is 12.5 Å². The average molecular weight is 480 g/mol. The summed E-state index contributed by atoms with van der Waals surface area (Å²) in [6.45, 7) is -0.00785. The first-order valence-electron chi connectivity index (χ1n) is 9.58. The van der Waals surface area contributed by atoms with Gasteiger partial charge in [0.15, 0.2) is 0 Å². The lowest BCUT2D eigenvalue weighted by Crippen LogP contribution is -2.35. The number of rotatable bonds is 6. The first-order chi connectivity index (χ1) is 15.0. The molecule has 1 fully saturated rings. The number of allylic oxidation sites excluding steroid dienone is 2. The minimum atomic E-state index is -5.15. The molecule has 1 atom stereocenters. The molecule has 3 rings (SSSR count). The summed E-state index contributed by atoms with van der Waals surface area (Å²) in [5.74, 6) is -5.51. The minimum Gasteiger partial charge on any atom is -0.466 e. The third-order valence-electron chi connectivity index (χ3n) is 5.26. The zero-order valence-corrected chi connectivity index (χ0v) is 17.8. The second-order valence-electron chi connectivity index (χ2n) is 7.47. The Bertz CT molecular complexity index is 1010. The SMILES string of the molecule is COC(=O)C1=C(CF)NC(C)=C(C(=O)OCC2CC2)C1c1c(F)ccc(Cl)c1C(F)(F)F. The molecule has 0 saturated heterocycles. The molecule has 32 heavy (non-hydrogen) atoms. The quantitative estimate of drug-likeness (QED) is 0.469. The summed E-state index contributed by atoms with van der Waals surface area (Å²) >= 11 is 5.77. The topological polar surface area (TPSA) is 64.6 Å². The second kappa shape index (κ2) is 9.09. The molecule has 1 aromatic carbocycles. The maximum absolute atomic E-state index is 15.0. The second-order valence-corrected chi connectivity index (χ2v) is 7.88. The number of esters is 2. The molecule has 1 aliphatic carbocycles. The van der Waals surface area contributed by atoms with Gasteiger partial charge in [-0.05, 0) is 37.8 Å². The molecule has 174 valence electrons. The van der Waals surface area contributed by atoms with E-state index in [-0.39, 0.29) is 18.2 Å². The molecular formula is C21H19ClF5NO4. The van der Waals surface area contributed by atoms with E-state index in [1.165, 1.54) is 6.92 Å². The van der Waals surface area contributed by atoms with Crippen molar-refractivity contribution in [3.05, 3.63) is 56.6 Å². The van der Waals surface area contributed by atoms with Gasteiger partial charge >= 0.3 is 18.1 Å². The molecule has 0 amide bonds. The number of dihydropyridines is 1. The predicted molar refractivity (Wildman–Crippen MR) is 104 cm³/mol. The van der Waals surface area contributed by atoms with Gasteiger partial charge < -0.3 is 14.8 Å². The summed E-state index contributed by atoms with van der Waals surface area (Å²) in [7, 11) is 0.928. The monoisotopic (exact) mass is 479 g/mol. The lowest BCUT2D eigenvalue weighted by Gasteiger charge is -2.32. The van der Waals surface area contributed by atoms with Gasteiger partial charge in [0.2, 0.25) is 0 Å². The van der Waals surface area contributed by atoms with Gasteiger partial charge in [0.25, 0.3) is 0 Å². The van der Waals surface area contributed by atoms with E-state index >= 15 is 0 Å². The standard InChI is InChI=1S/C21H19ClF5NO4/c1-9-14(20(30)32-8-10-3-4-10)17(16(19(29)31-2)13(7-23)28-9)15-12(24)6-5-11(22)18(15)21(25,26)27/h5-6,10,17,28H,3-4,7-8H2,1-2H3. The van der Waals surface area contributed by atoms with E-state index in [0.29, 0.717) is 12.1 Å². The van der Waals surface area contributed by atoms with E-state index < -0.39 is 69.5 Å². The van der Waals surface area contributed by atoms with Crippen molar-refractivity contribution in [1.29, 1.82) is 0 Å². The lowest BCUT2D eigenvalue weighted by molar-refractivity contribution is -0.142. The Morgan fingerprint density at radius 3 is 2.38 bits per heavy atom. The number of hydrogen-bond acceptors (Lipinski definition) is 5. The first kappa shape index (κ1) is 24.0. The van der Waals surface area contributed by atoms with Crippen LogP contribution in [-0.2, 0) is 25.2 Å². The van der Waals surface area contributed by atoms with Gasteiger partial charge in [-0.15, -0.1) is 0 Å². The summed E-state index contributed by atoms with van der Waals surface area (Å²) in [4.78, 5) is 25.4. The Morgan fingerprint density at radius 2 is 1.84 bits per heavy atom. The van der Waals surface area contributed by atoms with Crippen molar-refractivity contribution in [2.45, 2.75) is 31.9 Å². The molecule has 1 aliphatic heterocycles. The van der Waals surface area contributed by atoms with Crippen molar-refractivity contribution >= 4 is 23.5 Å². The van der Waals surface area contributed by atoms with Gasteiger partial charge in [0.05, 0.1) is 47.1 Å². The molecule has 0 radical (unpaired) electrons. The summed E-state index contributed by atoms with van der Waals surface area (Å²) in [6, 6.07) is 1.39. The van der Waals surface area contributed by atoms with Crippen molar-refractivity contribution in [1.82, 2.24) is 5.32 Å². The van der Waals surface area contributed by atoms with Crippen molar-refractivity contribution in [2.75, 3.05) is 20.4 Å². The van der Waals surface area contributed by atoms with Crippen LogP contribution in [0, 0.1) is 11.7 Å².